The summed E-state index contributed by atoms with van der Waals surface area (Å²) in [5, 5.41) is 0. The molecular formula is C7F14. The van der Waals surface area contributed by atoms with Gasteiger partial charge in [0, 0.05) is 0 Å². The van der Waals surface area contributed by atoms with Crippen molar-refractivity contribution < 1.29 is 61.5 Å². The zero-order valence-electron chi connectivity index (χ0n) is 8.79. The van der Waals surface area contributed by atoms with Crippen molar-refractivity contribution in [2.45, 2.75) is 30.4 Å². The van der Waals surface area contributed by atoms with Crippen molar-refractivity contribution in [1.82, 2.24) is 0 Å². The first-order valence-corrected chi connectivity index (χ1v) is 4.15. The van der Waals surface area contributed by atoms with Crippen LogP contribution in [0.5, 0.6) is 0 Å². The maximum atomic E-state index is 12.6. The average molecular weight is 350 g/mol. The van der Waals surface area contributed by atoms with Crippen LogP contribution in [0.4, 0.5) is 61.5 Å². The summed E-state index contributed by atoms with van der Waals surface area (Å²) in [6.45, 7) is 0. The van der Waals surface area contributed by atoms with E-state index in [4.69, 9.17) is 0 Å². The molecule has 0 heterocycles. The maximum absolute atomic E-state index is 12.6. The van der Waals surface area contributed by atoms with Gasteiger partial charge in [-0.05, 0) is 0 Å². The zero-order valence-corrected chi connectivity index (χ0v) is 8.79. The van der Waals surface area contributed by atoms with E-state index < -0.39 is 41.8 Å². The third kappa shape index (κ3) is 3.51. The van der Waals surface area contributed by atoms with Crippen molar-refractivity contribution in [3.05, 3.63) is 11.4 Å². The SMILES string of the molecule is FC(=C(C(F)(F)F)C(F)(F)F)C(F)(F)C(F)(F)C(F)(F)F. The van der Waals surface area contributed by atoms with Crippen LogP contribution in [-0.2, 0) is 0 Å². The lowest BCUT2D eigenvalue weighted by molar-refractivity contribution is -0.349. The van der Waals surface area contributed by atoms with Crippen LogP contribution in [0.2, 0.25) is 0 Å². The van der Waals surface area contributed by atoms with E-state index in [-0.39, 0.29) is 0 Å². The van der Waals surface area contributed by atoms with Gasteiger partial charge in [0.15, 0.2) is 11.4 Å². The predicted octanol–water partition coefficient (Wildman–Crippen LogP) is 5.17. The number of hydrogen-bond donors (Lipinski definition) is 0. The normalized spacial score (nSPS) is 15.1. The smallest absolute Gasteiger partial charge is 0.204 e. The Balaban J connectivity index is 6.41. The van der Waals surface area contributed by atoms with Crippen molar-refractivity contribution in [1.29, 1.82) is 0 Å². The number of allylic oxidation sites excluding steroid dienone is 2. The maximum Gasteiger partial charge on any atom is 0.460 e. The Kier molecular flexibility index (Phi) is 4.61. The molecule has 0 nitrogen and oxygen atoms in total. The molecule has 0 amide bonds. The van der Waals surface area contributed by atoms with Crippen LogP contribution in [0.1, 0.15) is 0 Å². The van der Waals surface area contributed by atoms with Crippen molar-refractivity contribution >= 4 is 0 Å². The first-order valence-electron chi connectivity index (χ1n) is 4.15. The van der Waals surface area contributed by atoms with Crippen molar-refractivity contribution in [3.63, 3.8) is 0 Å². The van der Waals surface area contributed by atoms with Crippen molar-refractivity contribution in [3.8, 4) is 0 Å². The van der Waals surface area contributed by atoms with Gasteiger partial charge in [-0.2, -0.15) is 57.1 Å². The fraction of sp³-hybridized carbons (Fsp3) is 0.714. The summed E-state index contributed by atoms with van der Waals surface area (Å²) in [5.41, 5.74) is -4.79. The lowest BCUT2D eigenvalue weighted by atomic mass is 10.0. The average Bonchev–Trinajstić information content (AvgIpc) is 2.10. The molecule has 0 aliphatic carbocycles. The predicted molar refractivity (Wildman–Crippen MR) is 36.2 cm³/mol. The molecule has 0 unspecified atom stereocenters. The van der Waals surface area contributed by atoms with E-state index >= 15 is 0 Å². The number of hydrogen-bond acceptors (Lipinski definition) is 0. The largest absolute Gasteiger partial charge is 0.460 e. The van der Waals surface area contributed by atoms with E-state index in [9.17, 15) is 61.5 Å². The zero-order chi connectivity index (χ0) is 17.7. The van der Waals surface area contributed by atoms with Crippen molar-refractivity contribution in [2.24, 2.45) is 0 Å². The molecule has 0 aliphatic heterocycles. The Morgan fingerprint density at radius 2 is 0.810 bits per heavy atom. The summed E-state index contributed by atoms with van der Waals surface area (Å²) in [5.74, 6) is -19.9. The summed E-state index contributed by atoms with van der Waals surface area (Å²) < 4.78 is 168. The second kappa shape index (κ2) is 4.90. The first kappa shape index (κ1) is 19.8. The third-order valence-corrected chi connectivity index (χ3v) is 1.81. The minimum Gasteiger partial charge on any atom is -0.204 e. The molecule has 14 heteroatoms. The highest BCUT2D eigenvalue weighted by Gasteiger charge is 2.77. The van der Waals surface area contributed by atoms with Gasteiger partial charge < -0.3 is 0 Å². The van der Waals surface area contributed by atoms with Gasteiger partial charge in [-0.25, -0.2) is 4.39 Å². The molecule has 0 radical (unpaired) electrons. The minimum absolute atomic E-state index is 4.79. The molecule has 0 aromatic heterocycles. The molecular weight excluding hydrogens is 350 g/mol. The van der Waals surface area contributed by atoms with Gasteiger partial charge in [-0.1, -0.05) is 0 Å². The van der Waals surface area contributed by atoms with Gasteiger partial charge in [-0.15, -0.1) is 0 Å². The quantitative estimate of drug-likeness (QED) is 0.603. The number of halogens is 14. The number of rotatable bonds is 2. The second-order valence-electron chi connectivity index (χ2n) is 3.33. The molecule has 0 saturated carbocycles. The third-order valence-electron chi connectivity index (χ3n) is 1.81. The van der Waals surface area contributed by atoms with Gasteiger partial charge >= 0.3 is 30.4 Å². The molecule has 126 valence electrons. The van der Waals surface area contributed by atoms with E-state index in [2.05, 4.69) is 0 Å². The van der Waals surface area contributed by atoms with E-state index in [1.807, 2.05) is 0 Å². The highest BCUT2D eigenvalue weighted by molar-refractivity contribution is 5.27. The Labute approximate surface area is 105 Å². The molecule has 0 bridgehead atoms. The van der Waals surface area contributed by atoms with Crippen LogP contribution in [-0.4, -0.2) is 30.4 Å². The highest BCUT2D eigenvalue weighted by Crippen LogP contribution is 2.53. The molecule has 0 aromatic carbocycles. The first-order chi connectivity index (χ1) is 8.78. The lowest BCUT2D eigenvalue weighted by Crippen LogP contribution is -2.53. The molecule has 0 aliphatic rings. The minimum atomic E-state index is -7.49. The summed E-state index contributed by atoms with van der Waals surface area (Å²) >= 11 is 0. The van der Waals surface area contributed by atoms with Crippen LogP contribution < -0.4 is 0 Å². The standard InChI is InChI=1S/C7F14/c8-2(1(4(11,12)13)5(14,15)16)3(9,10)6(17,18)7(19,20)21. The Bertz CT molecular complexity index is 398. The molecule has 0 fully saturated rings. The van der Waals surface area contributed by atoms with Crippen LogP contribution in [0.3, 0.4) is 0 Å². The number of alkyl halides is 13. The Hall–Kier alpha value is -1.24. The molecule has 0 N–H and O–H groups in total. The van der Waals surface area contributed by atoms with Gasteiger partial charge in [-0.3, -0.25) is 0 Å². The van der Waals surface area contributed by atoms with Gasteiger partial charge in [0.1, 0.15) is 0 Å². The van der Waals surface area contributed by atoms with Crippen LogP contribution in [0.25, 0.3) is 0 Å². The van der Waals surface area contributed by atoms with E-state index in [1.54, 1.807) is 0 Å². The van der Waals surface area contributed by atoms with Gasteiger partial charge in [0.2, 0.25) is 0 Å². The molecule has 21 heavy (non-hydrogen) atoms. The molecule has 0 rings (SSSR count). The van der Waals surface area contributed by atoms with Crippen LogP contribution in [0.15, 0.2) is 11.4 Å². The Morgan fingerprint density at radius 3 is 1.00 bits per heavy atom. The topological polar surface area (TPSA) is 0 Å². The lowest BCUT2D eigenvalue weighted by Gasteiger charge is -2.28. The summed E-state index contributed by atoms with van der Waals surface area (Å²) in [4.78, 5) is 0. The summed E-state index contributed by atoms with van der Waals surface area (Å²) in [7, 11) is 0. The van der Waals surface area contributed by atoms with Gasteiger partial charge in [0.05, 0.1) is 0 Å². The highest BCUT2D eigenvalue weighted by atomic mass is 19.4. The molecule has 0 aromatic rings. The Morgan fingerprint density at radius 1 is 0.524 bits per heavy atom. The van der Waals surface area contributed by atoms with Crippen LogP contribution >= 0.6 is 0 Å². The summed E-state index contributed by atoms with van der Waals surface area (Å²) in [6, 6.07) is 0. The van der Waals surface area contributed by atoms with Crippen LogP contribution in [0, 0.1) is 0 Å². The molecule has 0 saturated heterocycles. The van der Waals surface area contributed by atoms with Gasteiger partial charge in [0.25, 0.3) is 0 Å². The molecule has 0 atom stereocenters. The fourth-order valence-electron chi connectivity index (χ4n) is 0.882. The second-order valence-corrected chi connectivity index (χ2v) is 3.33. The van der Waals surface area contributed by atoms with E-state index in [1.165, 1.54) is 0 Å². The van der Waals surface area contributed by atoms with E-state index in [0.717, 1.165) is 0 Å². The monoisotopic (exact) mass is 350 g/mol. The molecule has 0 spiro atoms. The fourth-order valence-corrected chi connectivity index (χ4v) is 0.882. The van der Waals surface area contributed by atoms with Crippen molar-refractivity contribution in [2.75, 3.05) is 0 Å². The van der Waals surface area contributed by atoms with E-state index in [0.29, 0.717) is 0 Å². The summed E-state index contributed by atoms with van der Waals surface area (Å²) in [6.07, 6.45) is -21.3.